The van der Waals surface area contributed by atoms with E-state index < -0.39 is 17.3 Å². The van der Waals surface area contributed by atoms with Gasteiger partial charge >= 0.3 is 0 Å². The fourth-order valence-corrected chi connectivity index (χ4v) is 7.30. The number of anilines is 1. The molecule has 4 aromatic carbocycles. The van der Waals surface area contributed by atoms with E-state index in [0.29, 0.717) is 15.7 Å². The summed E-state index contributed by atoms with van der Waals surface area (Å²) in [5.74, 6) is -2.65. The quantitative estimate of drug-likeness (QED) is 0.182. The van der Waals surface area contributed by atoms with Crippen LogP contribution in [0.25, 0.3) is 0 Å². The highest BCUT2D eigenvalue weighted by Crippen LogP contribution is 2.63. The van der Waals surface area contributed by atoms with Crippen LogP contribution in [-0.2, 0) is 26.2 Å². The molecule has 1 N–H and O–H groups in total. The first kappa shape index (κ1) is 25.7. The summed E-state index contributed by atoms with van der Waals surface area (Å²) < 4.78 is 0. The number of nitrogens with one attached hydrogen (secondary N) is 1. The molecular formula is C33H23Cl2N3O3. The number of hydrogen-bond donors (Lipinski definition) is 1. The molecule has 1 aliphatic heterocycles. The topological polar surface area (TPSA) is 78.8 Å². The Bertz CT molecular complexity index is 1720. The number of amides is 3. The van der Waals surface area contributed by atoms with Gasteiger partial charge in [0.15, 0.2) is 0 Å². The molecule has 0 unspecified atom stereocenters. The number of halogens is 2. The number of rotatable bonds is 5. The average Bonchev–Trinajstić information content (AvgIpc) is 3.25. The van der Waals surface area contributed by atoms with Gasteiger partial charge in [0.2, 0.25) is 17.7 Å². The molecule has 4 aromatic rings. The van der Waals surface area contributed by atoms with Crippen molar-refractivity contribution in [1.29, 1.82) is 0 Å². The third kappa shape index (κ3) is 3.78. The van der Waals surface area contributed by atoms with Gasteiger partial charge in [-0.3, -0.25) is 14.4 Å². The first-order valence-electron chi connectivity index (χ1n) is 13.3. The number of para-hydroxylation sites is 1. The van der Waals surface area contributed by atoms with Gasteiger partial charge in [-0.05, 0) is 52.1 Å². The van der Waals surface area contributed by atoms with Crippen molar-refractivity contribution >= 4 is 52.8 Å². The number of carbonyl (C=O) groups is 3. The standard InChI is InChI=1S/C33H23Cl2N3O3/c34-20-15-13-19(14-16-20)17-27(39)37-36-18-33-23-9-3-1-7-21(23)28(22-8-2-4-10-24(22)33)29-30(33)32(41)38(31(29)40)26-12-6-5-11-25(26)35/h1-16,18,28-30H,17H2,(H,37,39)/b36-18-/t28?,29-,30+,33?/m0/s1. The smallest absolute Gasteiger partial charge is 0.244 e. The molecule has 0 aromatic heterocycles. The summed E-state index contributed by atoms with van der Waals surface area (Å²) in [6, 6.07) is 29.7. The van der Waals surface area contributed by atoms with Crippen LogP contribution in [0.1, 0.15) is 33.7 Å². The van der Waals surface area contributed by atoms with Gasteiger partial charge in [-0.15, -0.1) is 0 Å². The summed E-state index contributed by atoms with van der Waals surface area (Å²) in [5.41, 5.74) is 6.51. The molecule has 3 amide bonds. The SMILES string of the molecule is O=C(Cc1ccc(Cl)cc1)N/N=C\C12c3ccccc3C(c3ccccc31)[C@@H]1C(=O)N(c3ccccc3Cl)C(=O)[C@@H]12. The van der Waals surface area contributed by atoms with Gasteiger partial charge in [-0.25, -0.2) is 10.3 Å². The number of nitrogens with zero attached hydrogens (tertiary/aromatic N) is 2. The first-order valence-corrected chi connectivity index (χ1v) is 14.1. The summed E-state index contributed by atoms with van der Waals surface area (Å²) in [6.07, 6.45) is 1.76. The van der Waals surface area contributed by atoms with Crippen LogP contribution in [0.2, 0.25) is 10.0 Å². The van der Waals surface area contributed by atoms with Crippen molar-refractivity contribution in [1.82, 2.24) is 5.43 Å². The Balaban J connectivity index is 1.35. The van der Waals surface area contributed by atoms with Crippen LogP contribution in [-0.4, -0.2) is 23.9 Å². The van der Waals surface area contributed by atoms with E-state index >= 15 is 0 Å². The lowest BCUT2D eigenvalue weighted by atomic mass is 9.47. The van der Waals surface area contributed by atoms with Crippen LogP contribution in [0.3, 0.4) is 0 Å². The van der Waals surface area contributed by atoms with Crippen molar-refractivity contribution < 1.29 is 14.4 Å². The van der Waals surface area contributed by atoms with Crippen molar-refractivity contribution in [2.75, 3.05) is 4.90 Å². The fraction of sp³-hybridized carbons (Fsp3) is 0.152. The Morgan fingerprint density at radius 1 is 0.829 bits per heavy atom. The van der Waals surface area contributed by atoms with E-state index in [1.165, 1.54) is 4.90 Å². The molecule has 8 rings (SSSR count). The first-order chi connectivity index (χ1) is 19.9. The van der Waals surface area contributed by atoms with E-state index in [1.54, 1.807) is 54.7 Å². The number of benzene rings is 4. The molecule has 1 heterocycles. The zero-order chi connectivity index (χ0) is 28.3. The van der Waals surface area contributed by atoms with E-state index in [1.807, 2.05) is 48.5 Å². The van der Waals surface area contributed by atoms with E-state index in [4.69, 9.17) is 23.2 Å². The van der Waals surface area contributed by atoms with Crippen molar-refractivity contribution in [3.8, 4) is 0 Å². The second-order valence-electron chi connectivity index (χ2n) is 10.6. The largest absolute Gasteiger partial charge is 0.274 e. The van der Waals surface area contributed by atoms with Crippen molar-refractivity contribution in [3.05, 3.63) is 135 Å². The summed E-state index contributed by atoms with van der Waals surface area (Å²) in [5, 5.41) is 5.37. The third-order valence-corrected chi connectivity index (χ3v) is 9.08. The van der Waals surface area contributed by atoms with Gasteiger partial charge in [0.05, 0.1) is 34.4 Å². The maximum atomic E-state index is 14.4. The third-order valence-electron chi connectivity index (χ3n) is 8.51. The predicted molar refractivity (Wildman–Crippen MR) is 158 cm³/mol. The Kier molecular flexibility index (Phi) is 6.07. The highest BCUT2D eigenvalue weighted by Gasteiger charge is 2.68. The summed E-state index contributed by atoms with van der Waals surface area (Å²) in [7, 11) is 0. The van der Waals surface area contributed by atoms with Crippen molar-refractivity contribution in [2.24, 2.45) is 16.9 Å². The predicted octanol–water partition coefficient (Wildman–Crippen LogP) is 5.89. The molecule has 4 aliphatic rings. The second kappa shape index (κ2) is 9.68. The van der Waals surface area contributed by atoms with Crippen molar-refractivity contribution in [3.63, 3.8) is 0 Å². The van der Waals surface area contributed by atoms with Crippen LogP contribution in [0.4, 0.5) is 5.69 Å². The van der Waals surface area contributed by atoms with Gasteiger partial charge in [-0.2, -0.15) is 5.10 Å². The Morgan fingerprint density at radius 2 is 1.44 bits per heavy atom. The van der Waals surface area contributed by atoms with Crippen LogP contribution < -0.4 is 10.3 Å². The number of carbonyl (C=O) groups excluding carboxylic acids is 3. The van der Waals surface area contributed by atoms with Crippen LogP contribution >= 0.6 is 23.2 Å². The highest BCUT2D eigenvalue weighted by atomic mass is 35.5. The molecule has 0 spiro atoms. The zero-order valence-corrected chi connectivity index (χ0v) is 23.1. The lowest BCUT2D eigenvalue weighted by molar-refractivity contribution is -0.123. The number of hydrazone groups is 1. The summed E-state index contributed by atoms with van der Waals surface area (Å²) in [6.45, 7) is 0. The molecular weight excluding hydrogens is 557 g/mol. The van der Waals surface area contributed by atoms with E-state index in [-0.39, 0.29) is 30.1 Å². The van der Waals surface area contributed by atoms with Gasteiger partial charge in [0.1, 0.15) is 0 Å². The zero-order valence-electron chi connectivity index (χ0n) is 21.6. The minimum absolute atomic E-state index is 0.112. The average molecular weight is 580 g/mol. The molecule has 3 aliphatic carbocycles. The minimum atomic E-state index is -1.08. The molecule has 8 heteroatoms. The summed E-state index contributed by atoms with van der Waals surface area (Å²) in [4.78, 5) is 42.6. The molecule has 2 atom stereocenters. The lowest BCUT2D eigenvalue weighted by Crippen LogP contribution is -2.54. The van der Waals surface area contributed by atoms with Crippen molar-refractivity contribution in [2.45, 2.75) is 17.8 Å². The van der Waals surface area contributed by atoms with Crippen LogP contribution in [0, 0.1) is 11.8 Å². The van der Waals surface area contributed by atoms with Crippen LogP contribution in [0.5, 0.6) is 0 Å². The Hall–Kier alpha value is -4.26. The highest BCUT2D eigenvalue weighted by molar-refractivity contribution is 6.36. The molecule has 2 bridgehead atoms. The fourth-order valence-electron chi connectivity index (χ4n) is 6.95. The molecule has 1 saturated heterocycles. The molecule has 41 heavy (non-hydrogen) atoms. The molecule has 0 saturated carbocycles. The van der Waals surface area contributed by atoms with Crippen LogP contribution in [0.15, 0.2) is 102 Å². The lowest BCUT2D eigenvalue weighted by Gasteiger charge is -2.52. The van der Waals surface area contributed by atoms with E-state index in [2.05, 4.69) is 10.5 Å². The number of imide groups is 1. The number of hydrogen-bond acceptors (Lipinski definition) is 4. The van der Waals surface area contributed by atoms with E-state index in [0.717, 1.165) is 27.8 Å². The molecule has 1 fully saturated rings. The Morgan fingerprint density at radius 3 is 2.10 bits per heavy atom. The van der Waals surface area contributed by atoms with E-state index in [9.17, 15) is 14.4 Å². The second-order valence-corrected chi connectivity index (χ2v) is 11.4. The normalized spacial score (nSPS) is 23.9. The molecule has 0 radical (unpaired) electrons. The van der Waals surface area contributed by atoms with Gasteiger partial charge in [0.25, 0.3) is 0 Å². The Labute approximate surface area is 246 Å². The monoisotopic (exact) mass is 579 g/mol. The maximum absolute atomic E-state index is 14.4. The molecule has 6 nitrogen and oxygen atoms in total. The minimum Gasteiger partial charge on any atom is -0.274 e. The summed E-state index contributed by atoms with van der Waals surface area (Å²) >= 11 is 12.5. The van der Waals surface area contributed by atoms with Gasteiger partial charge in [0, 0.05) is 17.2 Å². The van der Waals surface area contributed by atoms with Gasteiger partial charge in [-0.1, -0.05) is 96.0 Å². The molecule has 202 valence electrons. The van der Waals surface area contributed by atoms with Gasteiger partial charge < -0.3 is 0 Å². The maximum Gasteiger partial charge on any atom is 0.244 e.